The number of carbonyl (C=O) groups excluding carboxylic acids is 1. The van der Waals surface area contributed by atoms with Crippen LogP contribution in [0.3, 0.4) is 0 Å². The lowest BCUT2D eigenvalue weighted by Crippen LogP contribution is -2.35. The number of rotatable bonds is 0. The van der Waals surface area contributed by atoms with Crippen LogP contribution in [-0.4, -0.2) is 30.2 Å². The largest absolute Gasteiger partial charge is 0.453 e. The van der Waals surface area contributed by atoms with Gasteiger partial charge in [0.2, 0.25) is 0 Å². The van der Waals surface area contributed by atoms with E-state index in [1.807, 2.05) is 0 Å². The van der Waals surface area contributed by atoms with Crippen LogP contribution in [0.15, 0.2) is 12.2 Å². The van der Waals surface area contributed by atoms with Gasteiger partial charge < -0.3 is 4.74 Å². The monoisotopic (exact) mass is 153 g/mol. The van der Waals surface area contributed by atoms with Crippen molar-refractivity contribution in [3.63, 3.8) is 0 Å². The number of fused-ring (bicyclic) bond motifs is 2. The molecule has 0 radical (unpaired) electrons. The summed E-state index contributed by atoms with van der Waals surface area (Å²) in [6.07, 6.45) is 6.17. The zero-order chi connectivity index (χ0) is 7.84. The van der Waals surface area contributed by atoms with E-state index in [4.69, 9.17) is 0 Å². The second-order valence-corrected chi connectivity index (χ2v) is 2.97. The highest BCUT2D eigenvalue weighted by Crippen LogP contribution is 2.31. The molecular formula is C8H11NO2. The van der Waals surface area contributed by atoms with Crippen LogP contribution >= 0.6 is 0 Å². The predicted molar refractivity (Wildman–Crippen MR) is 40.2 cm³/mol. The van der Waals surface area contributed by atoms with Gasteiger partial charge >= 0.3 is 6.09 Å². The molecule has 2 aliphatic rings. The van der Waals surface area contributed by atoms with Gasteiger partial charge in [-0.25, -0.2) is 4.79 Å². The highest BCUT2D eigenvalue weighted by molar-refractivity contribution is 5.70. The Morgan fingerprint density at radius 2 is 2.00 bits per heavy atom. The zero-order valence-electron chi connectivity index (χ0n) is 6.49. The summed E-state index contributed by atoms with van der Waals surface area (Å²) in [5.41, 5.74) is 0. The minimum atomic E-state index is -0.192. The van der Waals surface area contributed by atoms with E-state index in [0.717, 1.165) is 12.8 Å². The molecule has 2 heterocycles. The molecule has 11 heavy (non-hydrogen) atoms. The quantitative estimate of drug-likeness (QED) is 0.489. The van der Waals surface area contributed by atoms with Crippen molar-refractivity contribution in [3.8, 4) is 0 Å². The van der Waals surface area contributed by atoms with Gasteiger partial charge in [0.1, 0.15) is 0 Å². The van der Waals surface area contributed by atoms with Gasteiger partial charge in [0.25, 0.3) is 0 Å². The normalized spacial score (nSPS) is 33.0. The molecule has 0 spiro atoms. The summed E-state index contributed by atoms with van der Waals surface area (Å²) in [4.78, 5) is 12.9. The molecule has 2 atom stereocenters. The summed E-state index contributed by atoms with van der Waals surface area (Å²) in [6, 6.07) is 0.625. The van der Waals surface area contributed by atoms with Crippen LogP contribution in [0.5, 0.6) is 0 Å². The standard InChI is InChI=1S/C8H11NO2/c1-11-8(10)9-6-2-3-7(9)5-4-6/h2-3,6-7H,4-5H2,1H3/t6-,7+. The third-order valence-electron chi connectivity index (χ3n) is 2.41. The first-order chi connectivity index (χ1) is 5.33. The first-order valence-corrected chi connectivity index (χ1v) is 3.87. The lowest BCUT2D eigenvalue weighted by atomic mass is 10.1. The topological polar surface area (TPSA) is 29.5 Å². The molecule has 1 fully saturated rings. The van der Waals surface area contributed by atoms with E-state index in [-0.39, 0.29) is 6.09 Å². The summed E-state index contributed by atoms with van der Waals surface area (Å²) >= 11 is 0. The van der Waals surface area contributed by atoms with E-state index in [1.54, 1.807) is 4.90 Å². The Kier molecular flexibility index (Phi) is 1.37. The Labute approximate surface area is 65.6 Å². The van der Waals surface area contributed by atoms with E-state index < -0.39 is 0 Å². The third-order valence-corrected chi connectivity index (χ3v) is 2.41. The number of nitrogens with zero attached hydrogens (tertiary/aromatic N) is 1. The lowest BCUT2D eigenvalue weighted by Gasteiger charge is -2.19. The Morgan fingerprint density at radius 1 is 1.45 bits per heavy atom. The van der Waals surface area contributed by atoms with Crippen molar-refractivity contribution in [2.24, 2.45) is 0 Å². The Morgan fingerprint density at radius 3 is 2.36 bits per heavy atom. The summed E-state index contributed by atoms with van der Waals surface area (Å²) < 4.78 is 4.66. The number of hydrogen-bond acceptors (Lipinski definition) is 2. The van der Waals surface area contributed by atoms with Gasteiger partial charge in [-0.05, 0) is 12.8 Å². The summed E-state index contributed by atoms with van der Waals surface area (Å²) in [7, 11) is 1.43. The number of amides is 1. The molecule has 0 aliphatic carbocycles. The molecule has 2 rings (SSSR count). The van der Waals surface area contributed by atoms with E-state index in [2.05, 4.69) is 16.9 Å². The Hall–Kier alpha value is -0.990. The van der Waals surface area contributed by atoms with Crippen molar-refractivity contribution in [1.82, 2.24) is 4.90 Å². The predicted octanol–water partition coefficient (Wildman–Crippen LogP) is 1.16. The molecule has 2 aliphatic heterocycles. The molecule has 0 saturated carbocycles. The van der Waals surface area contributed by atoms with Gasteiger partial charge in [-0.3, -0.25) is 4.90 Å². The molecule has 0 N–H and O–H groups in total. The lowest BCUT2D eigenvalue weighted by molar-refractivity contribution is 0.121. The summed E-state index contributed by atoms with van der Waals surface area (Å²) in [5.74, 6) is 0. The minimum absolute atomic E-state index is 0.192. The first kappa shape index (κ1) is 6.70. The van der Waals surface area contributed by atoms with Gasteiger partial charge in [-0.1, -0.05) is 12.2 Å². The number of hydrogen-bond donors (Lipinski definition) is 0. The van der Waals surface area contributed by atoms with Gasteiger partial charge in [-0.15, -0.1) is 0 Å². The van der Waals surface area contributed by atoms with Crippen LogP contribution in [0.2, 0.25) is 0 Å². The number of methoxy groups -OCH3 is 1. The molecule has 0 unspecified atom stereocenters. The van der Waals surface area contributed by atoms with Gasteiger partial charge in [0.05, 0.1) is 19.2 Å². The summed E-state index contributed by atoms with van der Waals surface area (Å²) in [6.45, 7) is 0. The van der Waals surface area contributed by atoms with Gasteiger partial charge in [-0.2, -0.15) is 0 Å². The highest BCUT2D eigenvalue weighted by Gasteiger charge is 2.38. The van der Waals surface area contributed by atoms with E-state index >= 15 is 0 Å². The highest BCUT2D eigenvalue weighted by atomic mass is 16.5. The van der Waals surface area contributed by atoms with Crippen molar-refractivity contribution in [2.45, 2.75) is 24.9 Å². The smallest absolute Gasteiger partial charge is 0.410 e. The molecule has 2 bridgehead atoms. The van der Waals surface area contributed by atoms with Crippen LogP contribution < -0.4 is 0 Å². The number of carbonyl (C=O) groups is 1. The van der Waals surface area contributed by atoms with E-state index in [1.165, 1.54) is 7.11 Å². The van der Waals surface area contributed by atoms with Crippen molar-refractivity contribution >= 4 is 6.09 Å². The third kappa shape index (κ3) is 0.836. The molecule has 0 aromatic rings. The molecule has 3 nitrogen and oxygen atoms in total. The second-order valence-electron chi connectivity index (χ2n) is 2.97. The average Bonchev–Trinajstić information content (AvgIpc) is 2.61. The fourth-order valence-electron chi connectivity index (χ4n) is 1.88. The van der Waals surface area contributed by atoms with Crippen molar-refractivity contribution < 1.29 is 9.53 Å². The first-order valence-electron chi connectivity index (χ1n) is 3.87. The minimum Gasteiger partial charge on any atom is -0.453 e. The maximum absolute atomic E-state index is 11.1. The maximum Gasteiger partial charge on any atom is 0.410 e. The second kappa shape index (κ2) is 2.26. The Balaban J connectivity index is 2.13. The van der Waals surface area contributed by atoms with E-state index in [0.29, 0.717) is 12.1 Å². The van der Waals surface area contributed by atoms with Crippen LogP contribution in [-0.2, 0) is 4.74 Å². The van der Waals surface area contributed by atoms with Gasteiger partial charge in [0, 0.05) is 0 Å². The fraction of sp³-hybridized carbons (Fsp3) is 0.625. The van der Waals surface area contributed by atoms with Crippen molar-refractivity contribution in [2.75, 3.05) is 7.11 Å². The van der Waals surface area contributed by atoms with Crippen LogP contribution in [0, 0.1) is 0 Å². The van der Waals surface area contributed by atoms with Crippen LogP contribution in [0.25, 0.3) is 0 Å². The molecule has 60 valence electrons. The van der Waals surface area contributed by atoms with E-state index in [9.17, 15) is 4.79 Å². The van der Waals surface area contributed by atoms with Crippen LogP contribution in [0.1, 0.15) is 12.8 Å². The average molecular weight is 153 g/mol. The van der Waals surface area contributed by atoms with Crippen LogP contribution in [0.4, 0.5) is 4.79 Å². The molecule has 1 amide bonds. The fourth-order valence-corrected chi connectivity index (χ4v) is 1.88. The molecule has 0 aromatic carbocycles. The van der Waals surface area contributed by atoms with Crippen molar-refractivity contribution in [1.29, 1.82) is 0 Å². The molecule has 0 aromatic heterocycles. The maximum atomic E-state index is 11.1. The molecular weight excluding hydrogens is 142 g/mol. The molecule has 1 saturated heterocycles. The Bertz CT molecular complexity index is 198. The number of ether oxygens (including phenoxy) is 1. The van der Waals surface area contributed by atoms with Gasteiger partial charge in [0.15, 0.2) is 0 Å². The zero-order valence-corrected chi connectivity index (χ0v) is 6.49. The molecule has 3 heteroatoms. The SMILES string of the molecule is COC(=O)N1[C@@H]2C=C[C@H]1CC2. The summed E-state index contributed by atoms with van der Waals surface area (Å²) in [5, 5.41) is 0. The van der Waals surface area contributed by atoms with Crippen molar-refractivity contribution in [3.05, 3.63) is 12.2 Å².